The number of ether oxygens (including phenoxy) is 2. The summed E-state index contributed by atoms with van der Waals surface area (Å²) in [5.41, 5.74) is 0.975. The summed E-state index contributed by atoms with van der Waals surface area (Å²) in [6, 6.07) is 12.0. The van der Waals surface area contributed by atoms with Gasteiger partial charge in [0.1, 0.15) is 5.75 Å². The van der Waals surface area contributed by atoms with E-state index in [4.69, 9.17) is 9.47 Å². The van der Waals surface area contributed by atoms with Crippen molar-refractivity contribution < 1.29 is 14.3 Å². The van der Waals surface area contributed by atoms with Gasteiger partial charge in [-0.1, -0.05) is 40.2 Å². The molecule has 0 heterocycles. The third-order valence-electron chi connectivity index (χ3n) is 3.70. The summed E-state index contributed by atoms with van der Waals surface area (Å²) in [6.45, 7) is 2.37. The van der Waals surface area contributed by atoms with Crippen LogP contribution in [-0.4, -0.2) is 25.0 Å². The number of methoxy groups -OCH3 is 1. The predicted molar refractivity (Wildman–Crippen MR) is 92.9 cm³/mol. The lowest BCUT2D eigenvalue weighted by molar-refractivity contribution is -0.145. The Hall–Kier alpha value is -1.55. The fraction of sp³-hybridized carbons (Fsp3) is 0.389. The highest BCUT2D eigenvalue weighted by atomic mass is 79.9. The fourth-order valence-corrected chi connectivity index (χ4v) is 2.67. The second-order valence-electron chi connectivity index (χ2n) is 5.26. The van der Waals surface area contributed by atoms with Crippen molar-refractivity contribution in [1.82, 2.24) is 0 Å². The first-order valence-electron chi connectivity index (χ1n) is 7.46. The first-order valence-corrected chi connectivity index (χ1v) is 8.58. The van der Waals surface area contributed by atoms with Crippen molar-refractivity contribution in [2.75, 3.05) is 19.0 Å². The van der Waals surface area contributed by atoms with Crippen molar-refractivity contribution in [3.8, 4) is 5.75 Å². The van der Waals surface area contributed by atoms with Crippen LogP contribution in [0.25, 0.3) is 10.8 Å². The molecule has 1 atom stereocenters. The van der Waals surface area contributed by atoms with E-state index < -0.39 is 0 Å². The minimum Gasteiger partial charge on any atom is -0.497 e. The largest absolute Gasteiger partial charge is 0.497 e. The Balaban J connectivity index is 2.07. The number of halogens is 1. The predicted octanol–water partition coefficient (Wildman–Crippen LogP) is 4.67. The second-order valence-corrected chi connectivity index (χ2v) is 6.05. The van der Waals surface area contributed by atoms with Gasteiger partial charge in [0.25, 0.3) is 0 Å². The van der Waals surface area contributed by atoms with Gasteiger partial charge in [0.15, 0.2) is 0 Å². The van der Waals surface area contributed by atoms with Crippen LogP contribution in [0.3, 0.4) is 0 Å². The maximum atomic E-state index is 12.1. The van der Waals surface area contributed by atoms with Crippen molar-refractivity contribution in [2.45, 2.75) is 25.7 Å². The van der Waals surface area contributed by atoms with Crippen LogP contribution in [-0.2, 0) is 9.53 Å². The van der Waals surface area contributed by atoms with Crippen LogP contribution in [0.4, 0.5) is 0 Å². The number of benzene rings is 2. The van der Waals surface area contributed by atoms with Crippen LogP contribution in [0.1, 0.15) is 31.2 Å². The third-order valence-corrected chi connectivity index (χ3v) is 4.26. The van der Waals surface area contributed by atoms with Crippen LogP contribution in [0.2, 0.25) is 0 Å². The monoisotopic (exact) mass is 364 g/mol. The van der Waals surface area contributed by atoms with Gasteiger partial charge in [0.2, 0.25) is 0 Å². The Morgan fingerprint density at radius 1 is 1.14 bits per heavy atom. The van der Waals surface area contributed by atoms with Gasteiger partial charge in [-0.3, -0.25) is 4.79 Å². The molecular weight excluding hydrogens is 344 g/mol. The summed E-state index contributed by atoms with van der Waals surface area (Å²) < 4.78 is 10.6. The fourth-order valence-electron chi connectivity index (χ4n) is 2.27. The molecule has 3 nitrogen and oxygen atoms in total. The summed E-state index contributed by atoms with van der Waals surface area (Å²) in [6.07, 6.45) is 1.90. The smallest absolute Gasteiger partial charge is 0.313 e. The van der Waals surface area contributed by atoms with Gasteiger partial charge in [-0.25, -0.2) is 0 Å². The van der Waals surface area contributed by atoms with Gasteiger partial charge >= 0.3 is 5.97 Å². The zero-order chi connectivity index (χ0) is 15.9. The molecule has 0 aromatic heterocycles. The molecule has 22 heavy (non-hydrogen) atoms. The van der Waals surface area contributed by atoms with E-state index in [-0.39, 0.29) is 11.9 Å². The minimum absolute atomic E-state index is 0.164. The molecule has 0 saturated heterocycles. The lowest BCUT2D eigenvalue weighted by atomic mass is 9.98. The first kappa shape index (κ1) is 16.8. The molecule has 118 valence electrons. The van der Waals surface area contributed by atoms with Crippen molar-refractivity contribution in [2.24, 2.45) is 0 Å². The zero-order valence-corrected chi connectivity index (χ0v) is 14.6. The molecule has 0 fully saturated rings. The highest BCUT2D eigenvalue weighted by Gasteiger charge is 2.17. The highest BCUT2D eigenvalue weighted by Crippen LogP contribution is 2.25. The summed E-state index contributed by atoms with van der Waals surface area (Å²) in [4.78, 5) is 12.1. The number of alkyl halides is 1. The Morgan fingerprint density at radius 2 is 1.86 bits per heavy atom. The Labute approximate surface area is 139 Å². The van der Waals surface area contributed by atoms with Gasteiger partial charge in [0.05, 0.1) is 19.6 Å². The SMILES string of the molecule is COc1ccc2cc([C@H](C)C(=O)OCCCCBr)ccc2c1. The molecule has 0 saturated carbocycles. The number of esters is 1. The first-order chi connectivity index (χ1) is 10.7. The Morgan fingerprint density at radius 3 is 2.59 bits per heavy atom. The molecule has 0 bridgehead atoms. The van der Waals surface area contributed by atoms with E-state index >= 15 is 0 Å². The van der Waals surface area contributed by atoms with Gasteiger partial charge in [-0.2, -0.15) is 0 Å². The van der Waals surface area contributed by atoms with E-state index in [1.165, 1.54) is 0 Å². The van der Waals surface area contributed by atoms with Crippen molar-refractivity contribution in [3.63, 3.8) is 0 Å². The van der Waals surface area contributed by atoms with E-state index in [0.717, 1.165) is 40.3 Å². The number of hydrogen-bond donors (Lipinski definition) is 0. The lowest BCUT2D eigenvalue weighted by Gasteiger charge is -2.13. The Kier molecular flexibility index (Phi) is 6.25. The van der Waals surface area contributed by atoms with Crippen LogP contribution in [0, 0.1) is 0 Å². The number of rotatable bonds is 7. The highest BCUT2D eigenvalue weighted by molar-refractivity contribution is 9.09. The number of carbonyl (C=O) groups is 1. The van der Waals surface area contributed by atoms with Crippen molar-refractivity contribution in [1.29, 1.82) is 0 Å². The lowest BCUT2D eigenvalue weighted by Crippen LogP contribution is -2.14. The maximum Gasteiger partial charge on any atom is 0.313 e. The molecule has 0 N–H and O–H groups in total. The van der Waals surface area contributed by atoms with Crippen molar-refractivity contribution in [3.05, 3.63) is 42.0 Å². The van der Waals surface area contributed by atoms with E-state index in [0.29, 0.717) is 6.61 Å². The molecule has 0 unspecified atom stereocenters. The molecule has 0 aliphatic heterocycles. The molecule has 0 aliphatic carbocycles. The average Bonchev–Trinajstić information content (AvgIpc) is 2.56. The topological polar surface area (TPSA) is 35.5 Å². The summed E-state index contributed by atoms with van der Waals surface area (Å²) in [5.74, 6) is 0.414. The van der Waals surface area contributed by atoms with Crippen LogP contribution >= 0.6 is 15.9 Å². The molecule has 0 spiro atoms. The van der Waals surface area contributed by atoms with Crippen molar-refractivity contribution >= 4 is 32.7 Å². The molecule has 2 rings (SSSR count). The molecular formula is C18H21BrO3. The summed E-state index contributed by atoms with van der Waals surface area (Å²) >= 11 is 3.37. The standard InChI is InChI=1S/C18H21BrO3/c1-13(18(20)22-10-4-3-9-19)14-5-6-16-12-17(21-2)8-7-15(16)11-14/h5-8,11-13H,3-4,9-10H2,1-2H3/t13-/m0/s1. The molecule has 4 heteroatoms. The number of fused-ring (bicyclic) bond motifs is 1. The third kappa shape index (κ3) is 4.23. The van der Waals surface area contributed by atoms with Crippen LogP contribution in [0.5, 0.6) is 5.75 Å². The molecule has 0 radical (unpaired) electrons. The molecule has 2 aromatic carbocycles. The number of unbranched alkanes of at least 4 members (excludes halogenated alkanes) is 1. The Bertz CT molecular complexity index is 639. The van der Waals surface area contributed by atoms with Gasteiger partial charge in [0, 0.05) is 5.33 Å². The van der Waals surface area contributed by atoms with Gasteiger partial charge in [-0.05, 0) is 48.2 Å². The number of hydrogen-bond acceptors (Lipinski definition) is 3. The van der Waals surface area contributed by atoms with E-state index in [1.807, 2.05) is 43.3 Å². The second kappa shape index (κ2) is 8.18. The van der Waals surface area contributed by atoms with E-state index in [1.54, 1.807) is 7.11 Å². The van der Waals surface area contributed by atoms with Crippen LogP contribution in [0.15, 0.2) is 36.4 Å². The van der Waals surface area contributed by atoms with E-state index in [2.05, 4.69) is 15.9 Å². The maximum absolute atomic E-state index is 12.1. The normalized spacial score (nSPS) is 12.1. The molecule has 0 aliphatic rings. The quantitative estimate of drug-likeness (QED) is 0.406. The summed E-state index contributed by atoms with van der Waals surface area (Å²) in [5, 5.41) is 3.13. The zero-order valence-electron chi connectivity index (χ0n) is 13.0. The van der Waals surface area contributed by atoms with Gasteiger partial charge in [-0.15, -0.1) is 0 Å². The number of carbonyl (C=O) groups excluding carboxylic acids is 1. The summed E-state index contributed by atoms with van der Waals surface area (Å²) in [7, 11) is 1.66. The minimum atomic E-state index is -0.254. The van der Waals surface area contributed by atoms with Crippen LogP contribution < -0.4 is 4.74 Å². The average molecular weight is 365 g/mol. The van der Waals surface area contributed by atoms with Gasteiger partial charge < -0.3 is 9.47 Å². The molecule has 2 aromatic rings. The molecule has 0 amide bonds. The van der Waals surface area contributed by atoms with E-state index in [9.17, 15) is 4.79 Å².